The molecule has 1 amide bonds. The molecular weight excluding hydrogens is 385 g/mol. The highest BCUT2D eigenvalue weighted by Gasteiger charge is 2.33. The minimum atomic E-state index is -0.945. The van der Waals surface area contributed by atoms with E-state index in [2.05, 4.69) is 0 Å². The molecule has 0 aliphatic carbocycles. The first kappa shape index (κ1) is 22.2. The van der Waals surface area contributed by atoms with Crippen molar-refractivity contribution >= 4 is 6.09 Å². The minimum absolute atomic E-state index is 0.116. The summed E-state index contributed by atoms with van der Waals surface area (Å²) in [7, 11) is 1.68. The number of ether oxygens (including phenoxy) is 2. The maximum Gasteiger partial charge on any atom is 0.407 e. The largest absolute Gasteiger partial charge is 0.465 e. The zero-order chi connectivity index (χ0) is 21.5. The van der Waals surface area contributed by atoms with E-state index in [0.717, 1.165) is 36.0 Å². The summed E-state index contributed by atoms with van der Waals surface area (Å²) in [6, 6.07) is 13.0. The monoisotopic (exact) mass is 415 g/mol. The van der Waals surface area contributed by atoms with Crippen LogP contribution in [0.3, 0.4) is 0 Å². The zero-order valence-electron chi connectivity index (χ0n) is 17.6. The van der Waals surface area contributed by atoms with Crippen LogP contribution in [0, 0.1) is 12.7 Å². The Morgan fingerprint density at radius 3 is 2.83 bits per heavy atom. The number of carboxylic acid groups (broad SMARTS) is 1. The number of morpholine rings is 1. The standard InChI is InChI=1S/C24H30FNO4/c1-17-7-5-8-18(15-17)23-20(10-6-11-21(23)25)19(9-3-4-13-29-2)22-16-26(24(27)28)12-14-30-22/h5-8,10-11,15,19,22H,3-4,9,12-14,16H2,1-2H3,(H,27,28). The van der Waals surface area contributed by atoms with Crippen molar-refractivity contribution in [2.45, 2.75) is 38.2 Å². The number of hydrogen-bond acceptors (Lipinski definition) is 3. The van der Waals surface area contributed by atoms with Gasteiger partial charge in [0.2, 0.25) is 0 Å². The third kappa shape index (κ3) is 5.37. The van der Waals surface area contributed by atoms with Gasteiger partial charge in [-0.3, -0.25) is 0 Å². The Bertz CT molecular complexity index is 857. The normalized spacial score (nSPS) is 17.7. The molecule has 2 aromatic rings. The van der Waals surface area contributed by atoms with Gasteiger partial charge in [0, 0.05) is 31.7 Å². The lowest BCUT2D eigenvalue weighted by Gasteiger charge is -2.36. The van der Waals surface area contributed by atoms with Crippen molar-refractivity contribution in [3.63, 3.8) is 0 Å². The molecule has 0 bridgehead atoms. The predicted molar refractivity (Wildman–Crippen MR) is 114 cm³/mol. The van der Waals surface area contributed by atoms with Crippen molar-refractivity contribution < 1.29 is 23.8 Å². The quantitative estimate of drug-likeness (QED) is 0.611. The van der Waals surface area contributed by atoms with Crippen molar-refractivity contribution in [3.05, 3.63) is 59.4 Å². The van der Waals surface area contributed by atoms with Crippen LogP contribution in [-0.4, -0.2) is 55.6 Å². The molecule has 30 heavy (non-hydrogen) atoms. The van der Waals surface area contributed by atoms with Gasteiger partial charge in [-0.05, 0) is 37.0 Å². The second-order valence-corrected chi connectivity index (χ2v) is 7.81. The van der Waals surface area contributed by atoms with Crippen molar-refractivity contribution in [2.24, 2.45) is 0 Å². The van der Waals surface area contributed by atoms with Crippen molar-refractivity contribution in [3.8, 4) is 11.1 Å². The van der Waals surface area contributed by atoms with Crippen LogP contribution in [0.15, 0.2) is 42.5 Å². The number of halogens is 1. The summed E-state index contributed by atoms with van der Waals surface area (Å²) in [5.74, 6) is -0.388. The Kier molecular flexibility index (Phi) is 7.82. The molecular formula is C24H30FNO4. The highest BCUT2D eigenvalue weighted by Crippen LogP contribution is 2.38. The van der Waals surface area contributed by atoms with Gasteiger partial charge in [0.15, 0.2) is 0 Å². The number of carbonyl (C=O) groups is 1. The molecule has 0 saturated carbocycles. The van der Waals surface area contributed by atoms with Gasteiger partial charge in [-0.15, -0.1) is 0 Å². The van der Waals surface area contributed by atoms with Gasteiger partial charge in [-0.2, -0.15) is 0 Å². The molecule has 1 fully saturated rings. The Hall–Kier alpha value is -2.44. The van der Waals surface area contributed by atoms with Crippen LogP contribution in [0.4, 0.5) is 9.18 Å². The molecule has 6 heteroatoms. The van der Waals surface area contributed by atoms with E-state index in [1.165, 1.54) is 11.0 Å². The van der Waals surface area contributed by atoms with Gasteiger partial charge in [0.25, 0.3) is 0 Å². The molecule has 5 nitrogen and oxygen atoms in total. The molecule has 1 heterocycles. The molecule has 1 aliphatic rings. The number of benzene rings is 2. The van der Waals surface area contributed by atoms with E-state index in [9.17, 15) is 9.90 Å². The molecule has 2 unspecified atom stereocenters. The van der Waals surface area contributed by atoms with Gasteiger partial charge in [0.1, 0.15) is 5.82 Å². The highest BCUT2D eigenvalue weighted by atomic mass is 19.1. The van der Waals surface area contributed by atoms with E-state index in [1.807, 2.05) is 37.3 Å². The molecule has 162 valence electrons. The van der Waals surface area contributed by atoms with Gasteiger partial charge >= 0.3 is 6.09 Å². The number of hydrogen-bond donors (Lipinski definition) is 1. The van der Waals surface area contributed by atoms with Crippen LogP contribution in [0.5, 0.6) is 0 Å². The molecule has 0 aromatic heterocycles. The fourth-order valence-electron chi connectivity index (χ4n) is 4.20. The SMILES string of the molecule is COCCCCC(c1cccc(F)c1-c1cccc(C)c1)C1CN(C(=O)O)CCO1. The van der Waals surface area contributed by atoms with Crippen molar-refractivity contribution in [2.75, 3.05) is 33.4 Å². The van der Waals surface area contributed by atoms with E-state index in [-0.39, 0.29) is 24.4 Å². The summed E-state index contributed by atoms with van der Waals surface area (Å²) in [6.45, 7) is 3.64. The van der Waals surface area contributed by atoms with Crippen LogP contribution in [0.1, 0.15) is 36.3 Å². The molecule has 3 rings (SSSR count). The first-order valence-corrected chi connectivity index (χ1v) is 10.4. The van der Waals surface area contributed by atoms with Gasteiger partial charge in [0.05, 0.1) is 19.3 Å². The van der Waals surface area contributed by atoms with E-state index < -0.39 is 6.09 Å². The summed E-state index contributed by atoms with van der Waals surface area (Å²) in [4.78, 5) is 12.9. The average molecular weight is 416 g/mol. The maximum atomic E-state index is 15.1. The fourth-order valence-corrected chi connectivity index (χ4v) is 4.20. The Labute approximate surface area is 177 Å². The number of nitrogens with zero attached hydrogens (tertiary/aromatic N) is 1. The van der Waals surface area contributed by atoms with E-state index >= 15 is 4.39 Å². The third-order valence-electron chi connectivity index (χ3n) is 5.68. The Balaban J connectivity index is 1.98. The van der Waals surface area contributed by atoms with E-state index in [4.69, 9.17) is 9.47 Å². The molecule has 1 aliphatic heterocycles. The molecule has 2 aromatic carbocycles. The number of aryl methyl sites for hydroxylation is 1. The summed E-state index contributed by atoms with van der Waals surface area (Å²) >= 11 is 0. The lowest BCUT2D eigenvalue weighted by Crippen LogP contribution is -2.47. The van der Waals surface area contributed by atoms with Crippen LogP contribution < -0.4 is 0 Å². The molecule has 0 spiro atoms. The molecule has 1 saturated heterocycles. The number of rotatable bonds is 8. The van der Waals surface area contributed by atoms with Gasteiger partial charge < -0.3 is 19.5 Å². The highest BCUT2D eigenvalue weighted by molar-refractivity contribution is 5.70. The first-order chi connectivity index (χ1) is 14.5. The second kappa shape index (κ2) is 10.5. The zero-order valence-corrected chi connectivity index (χ0v) is 17.6. The van der Waals surface area contributed by atoms with Crippen LogP contribution >= 0.6 is 0 Å². The summed E-state index contributed by atoms with van der Waals surface area (Å²) in [5.41, 5.74) is 3.34. The lowest BCUT2D eigenvalue weighted by atomic mass is 9.82. The predicted octanol–water partition coefficient (Wildman–Crippen LogP) is 5.08. The summed E-state index contributed by atoms with van der Waals surface area (Å²) in [5, 5.41) is 9.46. The minimum Gasteiger partial charge on any atom is -0.465 e. The summed E-state index contributed by atoms with van der Waals surface area (Å²) in [6.07, 6.45) is 1.28. The van der Waals surface area contributed by atoms with Crippen LogP contribution in [-0.2, 0) is 9.47 Å². The van der Waals surface area contributed by atoms with Crippen molar-refractivity contribution in [1.82, 2.24) is 4.90 Å². The molecule has 2 atom stereocenters. The number of unbranched alkanes of at least 4 members (excludes halogenated alkanes) is 1. The van der Waals surface area contributed by atoms with Crippen LogP contribution in [0.2, 0.25) is 0 Å². The maximum absolute atomic E-state index is 15.1. The van der Waals surface area contributed by atoms with Crippen molar-refractivity contribution in [1.29, 1.82) is 0 Å². The van der Waals surface area contributed by atoms with Gasteiger partial charge in [-0.25, -0.2) is 9.18 Å². The first-order valence-electron chi connectivity index (χ1n) is 10.4. The topological polar surface area (TPSA) is 59.0 Å². The summed E-state index contributed by atoms with van der Waals surface area (Å²) < 4.78 is 26.3. The fraction of sp³-hybridized carbons (Fsp3) is 0.458. The molecule has 0 radical (unpaired) electrons. The van der Waals surface area contributed by atoms with E-state index in [1.54, 1.807) is 13.2 Å². The lowest BCUT2D eigenvalue weighted by molar-refractivity contribution is -0.0365. The molecule has 1 N–H and O–H groups in total. The Morgan fingerprint density at radius 2 is 2.10 bits per heavy atom. The van der Waals surface area contributed by atoms with Crippen LogP contribution in [0.25, 0.3) is 11.1 Å². The third-order valence-corrected chi connectivity index (χ3v) is 5.68. The van der Waals surface area contributed by atoms with Gasteiger partial charge in [-0.1, -0.05) is 48.4 Å². The number of methoxy groups -OCH3 is 1. The smallest absolute Gasteiger partial charge is 0.407 e. The second-order valence-electron chi connectivity index (χ2n) is 7.81. The average Bonchev–Trinajstić information content (AvgIpc) is 2.74. The number of amides is 1. The van der Waals surface area contributed by atoms with E-state index in [0.29, 0.717) is 25.3 Å². The Morgan fingerprint density at radius 1 is 1.30 bits per heavy atom.